The second-order valence-electron chi connectivity index (χ2n) is 4.07. The third kappa shape index (κ3) is 3.65. The van der Waals surface area contributed by atoms with E-state index >= 15 is 0 Å². The molecule has 0 amide bonds. The summed E-state index contributed by atoms with van der Waals surface area (Å²) >= 11 is 0. The van der Waals surface area contributed by atoms with E-state index in [1.54, 1.807) is 0 Å². The fourth-order valence-electron chi connectivity index (χ4n) is 1.94. The maximum absolute atomic E-state index is 5.76. The molecule has 1 atom stereocenters. The molecule has 0 saturated carbocycles. The third-order valence-electron chi connectivity index (χ3n) is 2.82. The van der Waals surface area contributed by atoms with Crippen molar-refractivity contribution in [2.24, 2.45) is 0 Å². The maximum Gasteiger partial charge on any atom is 0.0711 e. The summed E-state index contributed by atoms with van der Waals surface area (Å²) in [6, 6.07) is 10.6. The first-order chi connectivity index (χ1) is 7.45. The zero-order chi connectivity index (χ0) is 10.3. The highest BCUT2D eigenvalue weighted by Crippen LogP contribution is 2.06. The van der Waals surface area contributed by atoms with E-state index in [4.69, 9.17) is 4.74 Å². The summed E-state index contributed by atoms with van der Waals surface area (Å²) in [7, 11) is 0. The first kappa shape index (κ1) is 10.7. The van der Waals surface area contributed by atoms with Gasteiger partial charge in [-0.2, -0.15) is 0 Å². The van der Waals surface area contributed by atoms with Crippen LogP contribution in [0.15, 0.2) is 30.3 Å². The van der Waals surface area contributed by atoms with E-state index in [0.717, 1.165) is 32.5 Å². The van der Waals surface area contributed by atoms with Gasteiger partial charge in [0.2, 0.25) is 0 Å². The number of hydrogen-bond acceptors (Lipinski definition) is 2. The summed E-state index contributed by atoms with van der Waals surface area (Å²) in [6.45, 7) is 3.04. The number of nitrogens with one attached hydrogen (secondary N) is 1. The van der Waals surface area contributed by atoms with Crippen LogP contribution in [0.2, 0.25) is 0 Å². The molecule has 0 aliphatic carbocycles. The first-order valence-corrected chi connectivity index (χ1v) is 5.81. The Morgan fingerprint density at radius 2 is 2.13 bits per heavy atom. The summed E-state index contributed by atoms with van der Waals surface area (Å²) < 4.78 is 5.76. The van der Waals surface area contributed by atoms with Crippen molar-refractivity contribution in [3.63, 3.8) is 0 Å². The first-order valence-electron chi connectivity index (χ1n) is 5.81. The fourth-order valence-corrected chi connectivity index (χ4v) is 1.94. The average Bonchev–Trinajstić information content (AvgIpc) is 2.79. The third-order valence-corrected chi connectivity index (χ3v) is 2.82. The summed E-state index contributed by atoms with van der Waals surface area (Å²) in [6.07, 6.45) is 3.88. The number of aryl methyl sites for hydroxylation is 1. The monoisotopic (exact) mass is 205 g/mol. The lowest BCUT2D eigenvalue weighted by molar-refractivity contribution is 0.0655. The molecule has 1 aliphatic rings. The molecule has 82 valence electrons. The minimum atomic E-state index is 0.459. The van der Waals surface area contributed by atoms with Crippen molar-refractivity contribution < 1.29 is 4.74 Å². The lowest BCUT2D eigenvalue weighted by Crippen LogP contribution is -2.17. The molecule has 0 aromatic heterocycles. The van der Waals surface area contributed by atoms with Crippen LogP contribution in [0.5, 0.6) is 0 Å². The molecule has 1 aromatic rings. The Labute approximate surface area is 91.6 Å². The van der Waals surface area contributed by atoms with E-state index in [1.807, 2.05) is 0 Å². The Morgan fingerprint density at radius 3 is 2.87 bits per heavy atom. The van der Waals surface area contributed by atoms with Crippen LogP contribution in [0.4, 0.5) is 0 Å². The molecule has 0 radical (unpaired) electrons. The molecule has 1 fully saturated rings. The average molecular weight is 205 g/mol. The van der Waals surface area contributed by atoms with Crippen molar-refractivity contribution in [2.75, 3.05) is 19.7 Å². The molecular formula is C13H19NO. The van der Waals surface area contributed by atoms with Gasteiger partial charge in [-0.15, -0.1) is 0 Å². The van der Waals surface area contributed by atoms with Gasteiger partial charge in [-0.25, -0.2) is 0 Å². The van der Waals surface area contributed by atoms with Crippen molar-refractivity contribution in [1.82, 2.24) is 5.32 Å². The quantitative estimate of drug-likeness (QED) is 0.742. The van der Waals surface area contributed by atoms with E-state index in [9.17, 15) is 0 Å². The number of benzene rings is 1. The van der Waals surface area contributed by atoms with Crippen molar-refractivity contribution >= 4 is 0 Å². The minimum absolute atomic E-state index is 0.459. The Kier molecular flexibility index (Phi) is 4.18. The summed E-state index contributed by atoms with van der Waals surface area (Å²) in [4.78, 5) is 0. The Balaban J connectivity index is 1.59. The standard InChI is InChI=1S/C13H19NO/c1-2-5-12(6-3-1)7-4-10-15-13-8-9-14-11-13/h1-3,5-6,13-14H,4,7-11H2/t13-/m0/s1. The molecule has 0 unspecified atom stereocenters. The van der Waals surface area contributed by atoms with E-state index in [1.165, 1.54) is 12.0 Å². The van der Waals surface area contributed by atoms with Gasteiger partial charge in [-0.1, -0.05) is 30.3 Å². The molecule has 0 bridgehead atoms. The Hall–Kier alpha value is -0.860. The largest absolute Gasteiger partial charge is 0.377 e. The number of ether oxygens (including phenoxy) is 1. The molecule has 0 spiro atoms. The second kappa shape index (κ2) is 5.89. The zero-order valence-corrected chi connectivity index (χ0v) is 9.11. The molecule has 1 heterocycles. The van der Waals surface area contributed by atoms with Crippen LogP contribution in [0.25, 0.3) is 0 Å². The molecule has 2 rings (SSSR count). The molecule has 15 heavy (non-hydrogen) atoms. The van der Waals surface area contributed by atoms with E-state index in [0.29, 0.717) is 6.10 Å². The molecule has 2 nitrogen and oxygen atoms in total. The topological polar surface area (TPSA) is 21.3 Å². The summed E-state index contributed by atoms with van der Waals surface area (Å²) in [5.41, 5.74) is 1.41. The SMILES string of the molecule is c1ccc(CCCO[C@H]2CCNC2)cc1. The predicted molar refractivity (Wildman–Crippen MR) is 62.0 cm³/mol. The van der Waals surface area contributed by atoms with Gasteiger partial charge in [0.1, 0.15) is 0 Å². The summed E-state index contributed by atoms with van der Waals surface area (Å²) in [5, 5.41) is 3.31. The van der Waals surface area contributed by atoms with Crippen molar-refractivity contribution in [3.8, 4) is 0 Å². The minimum Gasteiger partial charge on any atom is -0.377 e. The Morgan fingerprint density at radius 1 is 1.27 bits per heavy atom. The van der Waals surface area contributed by atoms with Gasteiger partial charge in [0.25, 0.3) is 0 Å². The molecule has 1 saturated heterocycles. The maximum atomic E-state index is 5.76. The van der Waals surface area contributed by atoms with Gasteiger partial charge in [0.05, 0.1) is 6.10 Å². The zero-order valence-electron chi connectivity index (χ0n) is 9.11. The van der Waals surface area contributed by atoms with Crippen molar-refractivity contribution in [2.45, 2.75) is 25.4 Å². The molecule has 1 aliphatic heterocycles. The van der Waals surface area contributed by atoms with Gasteiger partial charge in [-0.3, -0.25) is 0 Å². The highest BCUT2D eigenvalue weighted by molar-refractivity contribution is 5.14. The highest BCUT2D eigenvalue weighted by Gasteiger charge is 2.13. The van der Waals surface area contributed by atoms with Crippen LogP contribution in [-0.2, 0) is 11.2 Å². The van der Waals surface area contributed by atoms with Gasteiger partial charge >= 0.3 is 0 Å². The molecule has 2 heteroatoms. The smallest absolute Gasteiger partial charge is 0.0711 e. The van der Waals surface area contributed by atoms with Gasteiger partial charge in [0, 0.05) is 13.2 Å². The fraction of sp³-hybridized carbons (Fsp3) is 0.538. The van der Waals surface area contributed by atoms with Crippen molar-refractivity contribution in [1.29, 1.82) is 0 Å². The second-order valence-corrected chi connectivity index (χ2v) is 4.07. The van der Waals surface area contributed by atoms with Crippen molar-refractivity contribution in [3.05, 3.63) is 35.9 Å². The summed E-state index contributed by atoms with van der Waals surface area (Å²) in [5.74, 6) is 0. The van der Waals surface area contributed by atoms with Gasteiger partial charge in [0.15, 0.2) is 0 Å². The predicted octanol–water partition coefficient (Wildman–Crippen LogP) is 2.00. The highest BCUT2D eigenvalue weighted by atomic mass is 16.5. The van der Waals surface area contributed by atoms with E-state index in [-0.39, 0.29) is 0 Å². The van der Waals surface area contributed by atoms with Gasteiger partial charge in [-0.05, 0) is 31.4 Å². The lowest BCUT2D eigenvalue weighted by Gasteiger charge is -2.09. The number of hydrogen-bond donors (Lipinski definition) is 1. The number of rotatable bonds is 5. The van der Waals surface area contributed by atoms with E-state index in [2.05, 4.69) is 35.6 Å². The molecular weight excluding hydrogens is 186 g/mol. The van der Waals surface area contributed by atoms with E-state index < -0.39 is 0 Å². The molecule has 1 aromatic carbocycles. The van der Waals surface area contributed by atoms with Gasteiger partial charge < -0.3 is 10.1 Å². The van der Waals surface area contributed by atoms with Crippen LogP contribution in [0.3, 0.4) is 0 Å². The van der Waals surface area contributed by atoms with Crippen LogP contribution in [0.1, 0.15) is 18.4 Å². The lowest BCUT2D eigenvalue weighted by atomic mass is 10.1. The normalized spacial score (nSPS) is 20.7. The molecule has 1 N–H and O–H groups in total. The van der Waals surface area contributed by atoms with Crippen LogP contribution >= 0.6 is 0 Å². The van der Waals surface area contributed by atoms with Crippen LogP contribution in [-0.4, -0.2) is 25.8 Å². The van der Waals surface area contributed by atoms with Crippen LogP contribution in [0, 0.1) is 0 Å². The Bertz CT molecular complexity index is 267. The van der Waals surface area contributed by atoms with Crippen LogP contribution < -0.4 is 5.32 Å².